The van der Waals surface area contributed by atoms with E-state index in [0.717, 1.165) is 24.8 Å². The highest BCUT2D eigenvalue weighted by Gasteiger charge is 2.21. The van der Waals surface area contributed by atoms with Crippen molar-refractivity contribution < 1.29 is 4.79 Å². The largest absolute Gasteiger partial charge is 0.348 e. The van der Waals surface area contributed by atoms with E-state index in [1.54, 1.807) is 0 Å². The van der Waals surface area contributed by atoms with Gasteiger partial charge in [0.1, 0.15) is 6.54 Å². The minimum absolute atomic E-state index is 0.0128. The molecule has 0 saturated heterocycles. The van der Waals surface area contributed by atoms with Crippen LogP contribution in [-0.2, 0) is 17.8 Å². The zero-order valence-corrected chi connectivity index (χ0v) is 14.7. The summed E-state index contributed by atoms with van der Waals surface area (Å²) < 4.78 is 1.38. The van der Waals surface area contributed by atoms with E-state index in [0.29, 0.717) is 10.9 Å². The first-order chi connectivity index (χ1) is 12.6. The summed E-state index contributed by atoms with van der Waals surface area (Å²) in [6.45, 7) is 1.91. The molecule has 0 radical (unpaired) electrons. The Labute approximate surface area is 151 Å². The summed E-state index contributed by atoms with van der Waals surface area (Å²) in [5, 5.41) is 3.63. The van der Waals surface area contributed by atoms with Crippen molar-refractivity contribution in [1.82, 2.24) is 14.9 Å². The van der Waals surface area contributed by atoms with Crippen molar-refractivity contribution in [2.24, 2.45) is 0 Å². The molecule has 1 atom stereocenters. The molecular weight excluding hydrogens is 326 g/mol. The van der Waals surface area contributed by atoms with Gasteiger partial charge in [0.25, 0.3) is 5.56 Å². The summed E-state index contributed by atoms with van der Waals surface area (Å²) in [6.07, 6.45) is 4.48. The normalized spacial score (nSPS) is 16.3. The van der Waals surface area contributed by atoms with Gasteiger partial charge in [0.15, 0.2) is 0 Å². The predicted octanol–water partition coefficient (Wildman–Crippen LogP) is 2.90. The lowest BCUT2D eigenvalue weighted by Crippen LogP contribution is -2.36. The summed E-state index contributed by atoms with van der Waals surface area (Å²) >= 11 is 0. The molecule has 5 heteroatoms. The highest BCUT2D eigenvalue weighted by molar-refractivity contribution is 5.79. The third kappa shape index (κ3) is 3.12. The minimum atomic E-state index is -0.183. The van der Waals surface area contributed by atoms with E-state index in [9.17, 15) is 9.59 Å². The lowest BCUT2D eigenvalue weighted by Gasteiger charge is -2.26. The van der Waals surface area contributed by atoms with E-state index in [1.807, 2.05) is 37.3 Å². The Bertz CT molecular complexity index is 1040. The lowest BCUT2D eigenvalue weighted by atomic mass is 9.88. The molecule has 5 nitrogen and oxygen atoms in total. The molecule has 0 bridgehead atoms. The molecule has 0 fully saturated rings. The van der Waals surface area contributed by atoms with Gasteiger partial charge in [-0.15, -0.1) is 0 Å². The van der Waals surface area contributed by atoms with Crippen LogP contribution in [0.1, 0.15) is 35.6 Å². The van der Waals surface area contributed by atoms with Crippen LogP contribution >= 0.6 is 0 Å². The van der Waals surface area contributed by atoms with E-state index in [4.69, 9.17) is 0 Å². The first-order valence-corrected chi connectivity index (χ1v) is 8.95. The van der Waals surface area contributed by atoms with E-state index in [2.05, 4.69) is 22.4 Å². The molecule has 1 unspecified atom stereocenters. The van der Waals surface area contributed by atoms with Crippen LogP contribution in [0, 0.1) is 6.92 Å². The van der Waals surface area contributed by atoms with E-state index >= 15 is 0 Å². The van der Waals surface area contributed by atoms with Crippen LogP contribution in [0.15, 0.2) is 53.6 Å². The number of carbonyl (C=O) groups is 1. The first kappa shape index (κ1) is 16.5. The monoisotopic (exact) mass is 347 g/mol. The molecule has 1 heterocycles. The minimum Gasteiger partial charge on any atom is -0.348 e. The third-order valence-corrected chi connectivity index (χ3v) is 5.00. The Morgan fingerprint density at radius 3 is 3.00 bits per heavy atom. The van der Waals surface area contributed by atoms with Gasteiger partial charge >= 0.3 is 0 Å². The SMILES string of the molecule is Cc1ccc2ncn(CC(=O)NC3CCCc4ccccc43)c(=O)c2c1. The molecule has 4 rings (SSSR count). The Hall–Kier alpha value is -2.95. The average Bonchev–Trinajstić information content (AvgIpc) is 2.65. The fraction of sp³-hybridized carbons (Fsp3) is 0.286. The topological polar surface area (TPSA) is 64.0 Å². The van der Waals surface area contributed by atoms with Gasteiger partial charge in [-0.2, -0.15) is 0 Å². The van der Waals surface area contributed by atoms with Crippen molar-refractivity contribution in [3.05, 3.63) is 75.8 Å². The number of hydrogen-bond donors (Lipinski definition) is 1. The number of aromatic nitrogens is 2. The Balaban J connectivity index is 1.55. The third-order valence-electron chi connectivity index (χ3n) is 5.00. The predicted molar refractivity (Wildman–Crippen MR) is 101 cm³/mol. The van der Waals surface area contributed by atoms with Crippen molar-refractivity contribution in [3.63, 3.8) is 0 Å². The quantitative estimate of drug-likeness (QED) is 0.792. The Morgan fingerprint density at radius 2 is 2.12 bits per heavy atom. The number of carbonyl (C=O) groups excluding carboxylic acids is 1. The van der Waals surface area contributed by atoms with Crippen LogP contribution in [-0.4, -0.2) is 15.5 Å². The van der Waals surface area contributed by atoms with Gasteiger partial charge in [0.2, 0.25) is 5.91 Å². The molecule has 1 aliphatic rings. The number of amides is 1. The molecule has 1 N–H and O–H groups in total. The number of aryl methyl sites for hydroxylation is 2. The van der Waals surface area contributed by atoms with E-state index in [-0.39, 0.29) is 24.1 Å². The molecular formula is C21H21N3O2. The lowest BCUT2D eigenvalue weighted by molar-refractivity contribution is -0.122. The molecule has 132 valence electrons. The van der Waals surface area contributed by atoms with Gasteiger partial charge in [-0.05, 0) is 49.4 Å². The van der Waals surface area contributed by atoms with Crippen molar-refractivity contribution >= 4 is 16.8 Å². The van der Waals surface area contributed by atoms with Crippen LogP contribution < -0.4 is 10.9 Å². The van der Waals surface area contributed by atoms with Crippen molar-refractivity contribution in [3.8, 4) is 0 Å². The van der Waals surface area contributed by atoms with Crippen LogP contribution in [0.2, 0.25) is 0 Å². The van der Waals surface area contributed by atoms with Crippen LogP contribution in [0.4, 0.5) is 0 Å². The number of rotatable bonds is 3. The summed E-state index contributed by atoms with van der Waals surface area (Å²) in [4.78, 5) is 29.5. The number of nitrogens with zero attached hydrogens (tertiary/aromatic N) is 2. The van der Waals surface area contributed by atoms with Crippen molar-refractivity contribution in [2.75, 3.05) is 0 Å². The molecule has 1 aliphatic carbocycles. The second kappa shape index (κ2) is 6.75. The Kier molecular flexibility index (Phi) is 4.29. The maximum Gasteiger partial charge on any atom is 0.261 e. The summed E-state index contributed by atoms with van der Waals surface area (Å²) in [6, 6.07) is 13.8. The van der Waals surface area contributed by atoms with Crippen LogP contribution in [0.25, 0.3) is 10.9 Å². The summed E-state index contributed by atoms with van der Waals surface area (Å²) in [5.41, 5.74) is 3.95. The molecule has 3 aromatic rings. The first-order valence-electron chi connectivity index (χ1n) is 8.95. The highest BCUT2D eigenvalue weighted by Crippen LogP contribution is 2.29. The molecule has 26 heavy (non-hydrogen) atoms. The highest BCUT2D eigenvalue weighted by atomic mass is 16.2. The number of hydrogen-bond acceptors (Lipinski definition) is 3. The van der Waals surface area contributed by atoms with Crippen molar-refractivity contribution in [2.45, 2.75) is 38.8 Å². The van der Waals surface area contributed by atoms with Gasteiger partial charge in [-0.3, -0.25) is 14.2 Å². The molecule has 1 amide bonds. The van der Waals surface area contributed by atoms with Gasteiger partial charge in [0.05, 0.1) is 23.3 Å². The van der Waals surface area contributed by atoms with Crippen LogP contribution in [0.5, 0.6) is 0 Å². The zero-order chi connectivity index (χ0) is 18.1. The smallest absolute Gasteiger partial charge is 0.261 e. The second-order valence-electron chi connectivity index (χ2n) is 6.91. The Morgan fingerprint density at radius 1 is 1.27 bits per heavy atom. The van der Waals surface area contributed by atoms with E-state index in [1.165, 1.54) is 22.0 Å². The molecule has 0 aliphatic heterocycles. The summed E-state index contributed by atoms with van der Waals surface area (Å²) in [7, 11) is 0. The fourth-order valence-electron chi connectivity index (χ4n) is 3.68. The number of nitrogens with one attached hydrogen (secondary N) is 1. The average molecular weight is 347 g/mol. The molecule has 1 aromatic heterocycles. The molecule has 2 aromatic carbocycles. The molecule has 0 saturated carbocycles. The maximum atomic E-state index is 12.6. The second-order valence-corrected chi connectivity index (χ2v) is 6.91. The van der Waals surface area contributed by atoms with Gasteiger partial charge < -0.3 is 5.32 Å². The number of benzene rings is 2. The summed E-state index contributed by atoms with van der Waals surface area (Å²) in [5.74, 6) is -0.164. The van der Waals surface area contributed by atoms with Crippen molar-refractivity contribution in [1.29, 1.82) is 0 Å². The maximum absolute atomic E-state index is 12.6. The van der Waals surface area contributed by atoms with E-state index < -0.39 is 0 Å². The zero-order valence-electron chi connectivity index (χ0n) is 14.7. The fourth-order valence-corrected chi connectivity index (χ4v) is 3.68. The number of fused-ring (bicyclic) bond motifs is 2. The standard InChI is InChI=1S/C21H21N3O2/c1-14-9-10-18-17(11-14)21(26)24(13-22-18)12-20(25)23-19-8-4-6-15-5-2-3-7-16(15)19/h2-3,5,7,9-11,13,19H,4,6,8,12H2,1H3,(H,23,25). The van der Waals surface area contributed by atoms with Crippen LogP contribution in [0.3, 0.4) is 0 Å². The van der Waals surface area contributed by atoms with Gasteiger partial charge in [-0.1, -0.05) is 35.9 Å². The van der Waals surface area contributed by atoms with Gasteiger partial charge in [0, 0.05) is 0 Å². The molecule has 0 spiro atoms. The van der Waals surface area contributed by atoms with Gasteiger partial charge in [-0.25, -0.2) is 4.98 Å².